The van der Waals surface area contributed by atoms with E-state index in [1.807, 2.05) is 0 Å². The van der Waals surface area contributed by atoms with Crippen molar-refractivity contribution in [2.45, 2.75) is 18.9 Å². The van der Waals surface area contributed by atoms with Crippen LogP contribution in [0, 0.1) is 5.92 Å². The van der Waals surface area contributed by atoms with Gasteiger partial charge in [-0.15, -0.1) is 0 Å². The zero-order valence-electron chi connectivity index (χ0n) is 11.7. The van der Waals surface area contributed by atoms with Crippen LogP contribution in [0.15, 0.2) is 15.5 Å². The normalized spacial score (nSPS) is 22.1. The van der Waals surface area contributed by atoms with E-state index in [2.05, 4.69) is 18.9 Å². The van der Waals surface area contributed by atoms with Crippen molar-refractivity contribution in [1.29, 1.82) is 0 Å². The number of carbonyl (C=O) groups excluding carboxylic acids is 1. The fourth-order valence-electron chi connectivity index (χ4n) is 2.65. The van der Waals surface area contributed by atoms with Gasteiger partial charge < -0.3 is 24.5 Å². The number of nitrogens with zero attached hydrogens (tertiary/aromatic N) is 3. The van der Waals surface area contributed by atoms with Crippen molar-refractivity contribution in [3.8, 4) is 0 Å². The largest absolute Gasteiger partial charge is 0.469 e. The van der Waals surface area contributed by atoms with E-state index < -0.39 is 19.4 Å². The molecule has 0 amide bonds. The fourth-order valence-corrected chi connectivity index (χ4v) is 3.02. The Bertz CT molecular complexity index is 869. The first-order chi connectivity index (χ1) is 10.7. The van der Waals surface area contributed by atoms with Crippen molar-refractivity contribution >= 4 is 30.8 Å². The second-order valence-electron chi connectivity index (χ2n) is 5.21. The molecule has 3 rings (SSSR count). The zero-order valence-corrected chi connectivity index (χ0v) is 12.5. The molecular formula is C11H13N4O7P. The minimum atomic E-state index is -4.63. The number of nitrogens with two attached hydrogens (primary N) is 1. The molecule has 0 bridgehead atoms. The number of fused-ring (bicyclic) bond motifs is 1. The summed E-state index contributed by atoms with van der Waals surface area (Å²) in [6.07, 6.45) is 1.76. The Morgan fingerprint density at radius 3 is 2.91 bits per heavy atom. The van der Waals surface area contributed by atoms with Gasteiger partial charge in [-0.25, -0.2) is 14.3 Å². The molecule has 2 aromatic heterocycles. The molecule has 1 saturated carbocycles. The fraction of sp³-hybridized carbons (Fsp3) is 0.455. The number of nitrogen functional groups attached to an aromatic ring is 1. The van der Waals surface area contributed by atoms with Gasteiger partial charge in [0.1, 0.15) is 5.78 Å². The molecule has 11 nitrogen and oxygen atoms in total. The predicted octanol–water partition coefficient (Wildman–Crippen LogP) is -0.404. The van der Waals surface area contributed by atoms with Crippen LogP contribution in [0.5, 0.6) is 0 Å². The summed E-state index contributed by atoms with van der Waals surface area (Å²) in [5.41, 5.74) is 4.89. The average Bonchev–Trinajstić information content (AvgIpc) is 2.99. The van der Waals surface area contributed by atoms with Gasteiger partial charge in [0.15, 0.2) is 11.2 Å². The number of Topliss-reactive ketones (excluding diaryl/α,β-unsaturated/α-hetero) is 1. The van der Waals surface area contributed by atoms with Crippen molar-refractivity contribution in [2.24, 2.45) is 5.92 Å². The minimum absolute atomic E-state index is 0.00145. The van der Waals surface area contributed by atoms with Crippen LogP contribution in [-0.4, -0.2) is 36.7 Å². The number of phosphoric acid groups is 1. The van der Waals surface area contributed by atoms with Crippen LogP contribution in [0.3, 0.4) is 0 Å². The topological polar surface area (TPSA) is 171 Å². The van der Waals surface area contributed by atoms with E-state index in [0.717, 1.165) is 0 Å². The SMILES string of the molecule is Nc1nc2c(ncn2[C@H]2CC(=O)[C@@H](COP(=O)(O)O)C2)c(=O)o1. The standard InChI is InChI=1S/C11H13N4O7P/c12-11-14-9-8(10(17)22-11)13-4-15(9)6-1-5(7(16)2-6)3-21-23(18,19)20/h4-6H,1-3H2,(H2,12,14)(H2,18,19,20)/t5-,6-/m1/s1. The first-order valence-corrected chi connectivity index (χ1v) is 8.13. The predicted molar refractivity (Wildman–Crippen MR) is 75.2 cm³/mol. The van der Waals surface area contributed by atoms with E-state index >= 15 is 0 Å². The first kappa shape index (κ1) is 15.8. The van der Waals surface area contributed by atoms with Crippen LogP contribution in [0.25, 0.3) is 11.2 Å². The highest BCUT2D eigenvalue weighted by Crippen LogP contribution is 2.40. The number of imidazole rings is 1. The highest BCUT2D eigenvalue weighted by Gasteiger charge is 2.36. The molecule has 12 heteroatoms. The molecule has 124 valence electrons. The van der Waals surface area contributed by atoms with Gasteiger partial charge in [-0.1, -0.05) is 0 Å². The van der Waals surface area contributed by atoms with Gasteiger partial charge in [0.25, 0.3) is 6.01 Å². The van der Waals surface area contributed by atoms with Crippen LogP contribution in [0.1, 0.15) is 18.9 Å². The molecule has 0 saturated heterocycles. The Morgan fingerprint density at radius 2 is 2.22 bits per heavy atom. The van der Waals surface area contributed by atoms with E-state index in [0.29, 0.717) is 0 Å². The number of carbonyl (C=O) groups is 1. The summed E-state index contributed by atoms with van der Waals surface area (Å²) in [6.45, 7) is -0.371. The molecule has 2 aromatic rings. The molecule has 2 atom stereocenters. The summed E-state index contributed by atoms with van der Waals surface area (Å²) in [4.78, 5) is 48.9. The molecule has 0 aliphatic heterocycles. The van der Waals surface area contributed by atoms with Gasteiger partial charge >= 0.3 is 13.4 Å². The highest BCUT2D eigenvalue weighted by molar-refractivity contribution is 7.46. The summed E-state index contributed by atoms with van der Waals surface area (Å²) < 4.78 is 21.3. The lowest BCUT2D eigenvalue weighted by Crippen LogP contribution is -2.13. The molecule has 2 heterocycles. The molecule has 0 radical (unpaired) electrons. The van der Waals surface area contributed by atoms with Crippen molar-refractivity contribution < 1.29 is 28.1 Å². The van der Waals surface area contributed by atoms with E-state index in [1.165, 1.54) is 10.9 Å². The molecule has 23 heavy (non-hydrogen) atoms. The monoisotopic (exact) mass is 344 g/mol. The summed E-state index contributed by atoms with van der Waals surface area (Å²) in [7, 11) is -4.63. The van der Waals surface area contributed by atoms with Crippen LogP contribution in [0.4, 0.5) is 6.01 Å². The summed E-state index contributed by atoms with van der Waals surface area (Å²) >= 11 is 0. The zero-order chi connectivity index (χ0) is 16.8. The Labute approximate surface area is 128 Å². The summed E-state index contributed by atoms with van der Waals surface area (Å²) in [6, 6.07) is -0.665. The van der Waals surface area contributed by atoms with Crippen LogP contribution in [0.2, 0.25) is 0 Å². The number of phosphoric ester groups is 1. The highest BCUT2D eigenvalue weighted by atomic mass is 31.2. The molecule has 1 aliphatic rings. The smallest absolute Gasteiger partial charge is 0.388 e. The lowest BCUT2D eigenvalue weighted by atomic mass is 10.1. The number of aromatic nitrogens is 3. The lowest BCUT2D eigenvalue weighted by molar-refractivity contribution is -0.121. The van der Waals surface area contributed by atoms with E-state index in [-0.39, 0.29) is 48.5 Å². The maximum atomic E-state index is 12.0. The second kappa shape index (κ2) is 5.53. The molecule has 1 aliphatic carbocycles. The lowest BCUT2D eigenvalue weighted by Gasteiger charge is -2.12. The van der Waals surface area contributed by atoms with Gasteiger partial charge in [-0.05, 0) is 6.42 Å². The molecule has 1 fully saturated rings. The van der Waals surface area contributed by atoms with Crippen molar-refractivity contribution in [1.82, 2.24) is 14.5 Å². The Balaban J connectivity index is 1.85. The van der Waals surface area contributed by atoms with Gasteiger partial charge in [0.2, 0.25) is 0 Å². The van der Waals surface area contributed by atoms with Crippen molar-refractivity contribution in [3.05, 3.63) is 16.7 Å². The van der Waals surface area contributed by atoms with Gasteiger partial charge in [0, 0.05) is 18.4 Å². The number of hydrogen-bond donors (Lipinski definition) is 3. The summed E-state index contributed by atoms with van der Waals surface area (Å²) in [5.74, 6) is -0.844. The number of hydrogen-bond acceptors (Lipinski definition) is 8. The van der Waals surface area contributed by atoms with Gasteiger partial charge in [-0.3, -0.25) is 9.32 Å². The Kier molecular flexibility index (Phi) is 3.80. The molecule has 0 spiro atoms. The third-order valence-corrected chi connectivity index (χ3v) is 4.15. The van der Waals surface area contributed by atoms with Crippen molar-refractivity contribution in [3.63, 3.8) is 0 Å². The Hall–Kier alpha value is -2.07. The van der Waals surface area contributed by atoms with Gasteiger partial charge in [0.05, 0.1) is 12.9 Å². The quantitative estimate of drug-likeness (QED) is 0.619. The van der Waals surface area contributed by atoms with E-state index in [4.69, 9.17) is 15.5 Å². The summed E-state index contributed by atoms with van der Waals surface area (Å²) in [5, 5.41) is 0. The minimum Gasteiger partial charge on any atom is -0.388 e. The molecule has 4 N–H and O–H groups in total. The maximum absolute atomic E-state index is 12.0. The maximum Gasteiger partial charge on any atom is 0.469 e. The third-order valence-electron chi connectivity index (χ3n) is 3.66. The number of anilines is 1. The van der Waals surface area contributed by atoms with Crippen LogP contribution < -0.4 is 11.4 Å². The van der Waals surface area contributed by atoms with Crippen molar-refractivity contribution in [2.75, 3.05) is 12.3 Å². The second-order valence-corrected chi connectivity index (χ2v) is 6.45. The van der Waals surface area contributed by atoms with E-state index in [9.17, 15) is 14.2 Å². The van der Waals surface area contributed by atoms with Crippen LogP contribution >= 0.6 is 7.82 Å². The average molecular weight is 344 g/mol. The van der Waals surface area contributed by atoms with Gasteiger partial charge in [-0.2, -0.15) is 4.98 Å². The number of rotatable bonds is 4. The first-order valence-electron chi connectivity index (χ1n) is 6.60. The molecular weight excluding hydrogens is 331 g/mol. The number of ketones is 1. The third kappa shape index (κ3) is 3.17. The van der Waals surface area contributed by atoms with E-state index in [1.54, 1.807) is 0 Å². The molecule has 0 unspecified atom stereocenters. The van der Waals surface area contributed by atoms with Crippen LogP contribution in [-0.2, 0) is 13.9 Å². The Morgan fingerprint density at radius 1 is 1.48 bits per heavy atom. The molecule has 0 aromatic carbocycles.